The van der Waals surface area contributed by atoms with E-state index in [-0.39, 0.29) is 24.9 Å². The summed E-state index contributed by atoms with van der Waals surface area (Å²) in [5.74, 6) is -0.653. The van der Waals surface area contributed by atoms with Gasteiger partial charge in [-0.25, -0.2) is 4.90 Å². The number of aliphatic hydroxyl groups excluding tert-OH is 1. The van der Waals surface area contributed by atoms with Crippen molar-refractivity contribution < 1.29 is 28.7 Å². The molecule has 2 aliphatic heterocycles. The maximum Gasteiger partial charge on any atom is 0.262 e. The first-order valence-corrected chi connectivity index (χ1v) is 13.4. The molecule has 4 aromatic rings. The smallest absolute Gasteiger partial charge is 0.262 e. The number of carbonyl (C=O) groups excluding carboxylic acids is 2. The highest BCUT2D eigenvalue weighted by Crippen LogP contribution is 2.79. The van der Waals surface area contributed by atoms with E-state index in [1.165, 1.54) is 11.8 Å². The zero-order valence-corrected chi connectivity index (χ0v) is 22.1. The van der Waals surface area contributed by atoms with Crippen LogP contribution in [0.1, 0.15) is 38.7 Å². The van der Waals surface area contributed by atoms with E-state index in [2.05, 4.69) is 11.2 Å². The molecule has 2 amide bonds. The van der Waals surface area contributed by atoms with Crippen LogP contribution in [0.3, 0.4) is 0 Å². The van der Waals surface area contributed by atoms with Gasteiger partial charge in [0.15, 0.2) is 5.58 Å². The summed E-state index contributed by atoms with van der Waals surface area (Å²) < 4.78 is 17.9. The monoisotopic (exact) mass is 537 g/mol. The maximum absolute atomic E-state index is 14.6. The quantitative estimate of drug-likeness (QED) is 0.381. The van der Waals surface area contributed by atoms with Gasteiger partial charge in [-0.05, 0) is 42.8 Å². The van der Waals surface area contributed by atoms with Crippen LogP contribution in [-0.2, 0) is 14.3 Å². The van der Waals surface area contributed by atoms with E-state index < -0.39 is 28.6 Å². The Hall–Kier alpha value is -4.26. The van der Waals surface area contributed by atoms with Crippen molar-refractivity contribution in [3.05, 3.63) is 66.2 Å². The van der Waals surface area contributed by atoms with Gasteiger partial charge >= 0.3 is 0 Å². The fourth-order valence-electron chi connectivity index (χ4n) is 7.36. The molecule has 3 aliphatic rings. The minimum absolute atomic E-state index is 0.181. The Kier molecular flexibility index (Phi) is 5.18. The largest absolute Gasteiger partial charge is 0.475 e. The van der Waals surface area contributed by atoms with Gasteiger partial charge in [-0.1, -0.05) is 36.4 Å². The van der Waals surface area contributed by atoms with Crippen molar-refractivity contribution in [2.75, 3.05) is 11.5 Å². The first-order chi connectivity index (χ1) is 19.3. The number of nitrogens with zero attached hydrogens (tertiary/aromatic N) is 3. The van der Waals surface area contributed by atoms with E-state index in [9.17, 15) is 20.0 Å². The van der Waals surface area contributed by atoms with Crippen LogP contribution >= 0.6 is 0 Å². The summed E-state index contributed by atoms with van der Waals surface area (Å²) in [6.45, 7) is 3.41. The summed E-state index contributed by atoms with van der Waals surface area (Å²) in [5.41, 5.74) is -1.40. The second-order valence-corrected chi connectivity index (χ2v) is 11.3. The van der Waals surface area contributed by atoms with Crippen LogP contribution in [0.15, 0.2) is 65.2 Å². The Balaban J connectivity index is 1.25. The highest BCUT2D eigenvalue weighted by molar-refractivity contribution is 6.21. The van der Waals surface area contributed by atoms with Gasteiger partial charge in [-0.3, -0.25) is 9.59 Å². The van der Waals surface area contributed by atoms with Crippen molar-refractivity contribution in [1.29, 1.82) is 5.26 Å². The van der Waals surface area contributed by atoms with Gasteiger partial charge < -0.3 is 19.1 Å². The van der Waals surface area contributed by atoms with Gasteiger partial charge in [0, 0.05) is 36.5 Å². The molecule has 9 nitrogen and oxygen atoms in total. The number of hydrogen-bond acceptors (Lipinski definition) is 8. The molecular formula is C31H27N3O6. The van der Waals surface area contributed by atoms with Gasteiger partial charge in [0.25, 0.3) is 5.88 Å². The van der Waals surface area contributed by atoms with Crippen molar-refractivity contribution in [2.45, 2.75) is 50.4 Å². The maximum atomic E-state index is 14.6. The van der Waals surface area contributed by atoms with Crippen molar-refractivity contribution in [2.24, 2.45) is 11.3 Å². The van der Waals surface area contributed by atoms with Gasteiger partial charge in [0.1, 0.15) is 0 Å². The third-order valence-electron chi connectivity index (χ3n) is 9.32. The molecule has 2 saturated heterocycles. The molecule has 3 heterocycles. The van der Waals surface area contributed by atoms with Crippen molar-refractivity contribution in [1.82, 2.24) is 5.16 Å². The SMILES string of the molecule is CC(=O)N(C(=O)[C@@]12C[C@@H]1C1(C)OC2(CCOc2noc3ccccc23)C[C@H]1O)c1ccc(C#N)c2ccccc12. The van der Waals surface area contributed by atoms with E-state index in [0.717, 1.165) is 5.39 Å². The number of carbonyl (C=O) groups is 2. The summed E-state index contributed by atoms with van der Waals surface area (Å²) in [6, 6.07) is 20.1. The molecule has 1 aromatic heterocycles. The van der Waals surface area contributed by atoms with Crippen LogP contribution in [0.5, 0.6) is 5.88 Å². The fourth-order valence-corrected chi connectivity index (χ4v) is 7.36. The molecule has 7 rings (SSSR count). The number of aromatic nitrogens is 1. The second-order valence-electron chi connectivity index (χ2n) is 11.3. The number of hydrogen-bond donors (Lipinski definition) is 1. The number of ether oxygens (including phenoxy) is 2. The van der Waals surface area contributed by atoms with Crippen LogP contribution in [0.2, 0.25) is 0 Å². The average molecular weight is 538 g/mol. The average Bonchev–Trinajstić information content (AvgIpc) is 3.47. The zero-order chi connectivity index (χ0) is 27.9. The molecule has 0 spiro atoms. The van der Waals surface area contributed by atoms with Crippen LogP contribution in [-0.4, -0.2) is 46.0 Å². The number of rotatable bonds is 6. The lowest BCUT2D eigenvalue weighted by atomic mass is 9.70. The van der Waals surface area contributed by atoms with Crippen LogP contribution < -0.4 is 9.64 Å². The molecule has 2 unspecified atom stereocenters. The van der Waals surface area contributed by atoms with Crippen LogP contribution in [0, 0.1) is 22.7 Å². The summed E-state index contributed by atoms with van der Waals surface area (Å²) in [5, 5.41) is 26.7. The number of aliphatic hydroxyl groups is 1. The number of anilines is 1. The lowest BCUT2D eigenvalue weighted by molar-refractivity contribution is -0.140. The van der Waals surface area contributed by atoms with Crippen molar-refractivity contribution in [3.8, 4) is 11.9 Å². The molecule has 1 N–H and O–H groups in total. The minimum Gasteiger partial charge on any atom is -0.475 e. The summed E-state index contributed by atoms with van der Waals surface area (Å²) in [7, 11) is 0. The van der Waals surface area contributed by atoms with Crippen molar-refractivity contribution >= 4 is 39.2 Å². The minimum atomic E-state index is -1.02. The first-order valence-electron chi connectivity index (χ1n) is 13.4. The number of para-hydroxylation sites is 1. The Labute approximate surface area is 229 Å². The molecule has 2 bridgehead atoms. The first kappa shape index (κ1) is 24.8. The number of nitriles is 1. The molecule has 40 heavy (non-hydrogen) atoms. The van der Waals surface area contributed by atoms with Crippen molar-refractivity contribution in [3.63, 3.8) is 0 Å². The Morgan fingerprint density at radius 2 is 1.82 bits per heavy atom. The van der Waals surface area contributed by atoms with E-state index in [1.807, 2.05) is 49.4 Å². The summed E-state index contributed by atoms with van der Waals surface area (Å²) >= 11 is 0. The Bertz CT molecular complexity index is 1760. The number of imide groups is 1. The molecule has 1 saturated carbocycles. The normalized spacial score (nSPS) is 29.8. The predicted octanol–water partition coefficient (Wildman–Crippen LogP) is 4.50. The Morgan fingerprint density at radius 1 is 1.10 bits per heavy atom. The molecule has 202 valence electrons. The Morgan fingerprint density at radius 3 is 2.58 bits per heavy atom. The third kappa shape index (κ3) is 3.12. The molecule has 3 aromatic carbocycles. The number of benzene rings is 3. The highest BCUT2D eigenvalue weighted by atomic mass is 16.6. The van der Waals surface area contributed by atoms with E-state index in [1.54, 1.807) is 18.2 Å². The number of amides is 2. The molecule has 1 aliphatic carbocycles. The van der Waals surface area contributed by atoms with Gasteiger partial charge in [0.2, 0.25) is 11.8 Å². The second kappa shape index (κ2) is 8.37. The fraction of sp³-hybridized carbons (Fsp3) is 0.355. The molecule has 5 atom stereocenters. The number of fused-ring (bicyclic) bond motifs is 7. The third-order valence-corrected chi connectivity index (χ3v) is 9.32. The summed E-state index contributed by atoms with van der Waals surface area (Å²) in [4.78, 5) is 29.0. The standard InChI is InChI=1S/C31H27N3O6/c1-18(35)34(23-12-11-19(17-32)20-7-3-4-8-21(20)23)28(37)31-15-25(31)29(2)26(36)16-30(31,40-29)13-14-38-27-22-9-5-6-10-24(22)39-33-27/h3-12,25-26,36H,13-16H2,1-2H3/t25-,26-,29?,30?,31-/m1/s1. The van der Waals surface area contributed by atoms with Crippen LogP contribution in [0.4, 0.5) is 5.69 Å². The predicted molar refractivity (Wildman–Crippen MR) is 144 cm³/mol. The van der Waals surface area contributed by atoms with Gasteiger partial charge in [-0.2, -0.15) is 5.26 Å². The molecule has 3 fully saturated rings. The zero-order valence-electron chi connectivity index (χ0n) is 22.1. The molecular weight excluding hydrogens is 510 g/mol. The van der Waals surface area contributed by atoms with Gasteiger partial charge in [0.05, 0.1) is 52.0 Å². The van der Waals surface area contributed by atoms with E-state index >= 15 is 0 Å². The molecule has 9 heteroatoms. The highest BCUT2D eigenvalue weighted by Gasteiger charge is 2.88. The van der Waals surface area contributed by atoms with Crippen LogP contribution in [0.25, 0.3) is 21.7 Å². The molecule has 0 radical (unpaired) electrons. The topological polar surface area (TPSA) is 126 Å². The lowest BCUT2D eigenvalue weighted by Gasteiger charge is -2.37. The lowest BCUT2D eigenvalue weighted by Crippen LogP contribution is -2.53. The van der Waals surface area contributed by atoms with Gasteiger partial charge in [-0.15, -0.1) is 0 Å². The van der Waals surface area contributed by atoms with E-state index in [0.29, 0.717) is 46.3 Å². The summed E-state index contributed by atoms with van der Waals surface area (Å²) in [6.07, 6.45) is 0.345. The van der Waals surface area contributed by atoms with E-state index in [4.69, 9.17) is 14.0 Å².